The number of amides is 1. The topological polar surface area (TPSA) is 62.5 Å². The predicted molar refractivity (Wildman–Crippen MR) is 71.0 cm³/mol. The van der Waals surface area contributed by atoms with Gasteiger partial charge in [0, 0.05) is 19.8 Å². The molecule has 1 fully saturated rings. The molecule has 1 unspecified atom stereocenters. The van der Waals surface area contributed by atoms with E-state index in [1.165, 1.54) is 0 Å². The number of carbonyl (C=O) groups is 2. The number of aryl methyl sites for hydroxylation is 1. The number of likely N-dealkylation sites (tertiary alicyclic amines) is 1. The van der Waals surface area contributed by atoms with Crippen molar-refractivity contribution in [3.8, 4) is 0 Å². The second-order valence-electron chi connectivity index (χ2n) is 5.15. The molecule has 0 aliphatic carbocycles. The lowest BCUT2D eigenvalue weighted by Gasteiger charge is -2.34. The zero-order chi connectivity index (χ0) is 14.0. The highest BCUT2D eigenvalue weighted by Gasteiger charge is 2.49. The Morgan fingerprint density at radius 2 is 2.21 bits per heavy atom. The monoisotopic (exact) mass is 264 g/mol. The first kappa shape index (κ1) is 13.6. The summed E-state index contributed by atoms with van der Waals surface area (Å²) in [5.74, 6) is -1.06. The van der Waals surface area contributed by atoms with Gasteiger partial charge in [-0.3, -0.25) is 4.79 Å². The maximum Gasteiger partial charge on any atom is 0.329 e. The molecule has 0 bridgehead atoms. The Balaban J connectivity index is 2.35. The van der Waals surface area contributed by atoms with Crippen molar-refractivity contribution in [3.63, 3.8) is 0 Å². The minimum Gasteiger partial charge on any atom is -0.479 e. The first-order valence-corrected chi connectivity index (χ1v) is 6.69. The molecule has 0 radical (unpaired) electrons. The van der Waals surface area contributed by atoms with E-state index in [2.05, 4.69) is 0 Å². The normalized spacial score (nSPS) is 22.7. The van der Waals surface area contributed by atoms with Crippen molar-refractivity contribution in [3.05, 3.63) is 24.0 Å². The van der Waals surface area contributed by atoms with Gasteiger partial charge in [0.1, 0.15) is 11.2 Å². The molecule has 1 atom stereocenters. The van der Waals surface area contributed by atoms with Crippen molar-refractivity contribution in [2.24, 2.45) is 7.05 Å². The predicted octanol–water partition coefficient (Wildman–Crippen LogP) is 1.88. The van der Waals surface area contributed by atoms with Crippen molar-refractivity contribution in [2.75, 3.05) is 6.54 Å². The van der Waals surface area contributed by atoms with E-state index in [9.17, 15) is 14.7 Å². The van der Waals surface area contributed by atoms with E-state index >= 15 is 0 Å². The van der Waals surface area contributed by atoms with Crippen LogP contribution in [0.25, 0.3) is 0 Å². The lowest BCUT2D eigenvalue weighted by molar-refractivity contribution is -0.148. The summed E-state index contributed by atoms with van der Waals surface area (Å²) < 4.78 is 1.74. The Bertz CT molecular complexity index is 495. The van der Waals surface area contributed by atoms with Gasteiger partial charge in [0.15, 0.2) is 0 Å². The van der Waals surface area contributed by atoms with Crippen molar-refractivity contribution < 1.29 is 14.7 Å². The van der Waals surface area contributed by atoms with Gasteiger partial charge in [0.05, 0.1) is 0 Å². The molecule has 5 nitrogen and oxygen atoms in total. The van der Waals surface area contributed by atoms with E-state index in [0.717, 1.165) is 12.8 Å². The zero-order valence-corrected chi connectivity index (χ0v) is 11.4. The smallest absolute Gasteiger partial charge is 0.329 e. The van der Waals surface area contributed by atoms with E-state index in [1.807, 2.05) is 6.92 Å². The summed E-state index contributed by atoms with van der Waals surface area (Å²) in [4.78, 5) is 25.8. The summed E-state index contributed by atoms with van der Waals surface area (Å²) >= 11 is 0. The number of aliphatic carboxylic acids is 1. The third kappa shape index (κ3) is 2.13. The molecule has 1 aliphatic rings. The highest BCUT2D eigenvalue weighted by Crippen LogP contribution is 2.35. The second kappa shape index (κ2) is 5.07. The van der Waals surface area contributed by atoms with Gasteiger partial charge in [-0.05, 0) is 31.4 Å². The summed E-state index contributed by atoms with van der Waals surface area (Å²) in [6.07, 6.45) is 4.36. The molecule has 2 rings (SSSR count). The fraction of sp³-hybridized carbons (Fsp3) is 0.571. The lowest BCUT2D eigenvalue weighted by Crippen LogP contribution is -2.53. The molecule has 104 valence electrons. The van der Waals surface area contributed by atoms with Gasteiger partial charge in [0.2, 0.25) is 0 Å². The van der Waals surface area contributed by atoms with Crippen molar-refractivity contribution in [1.29, 1.82) is 0 Å². The molecular weight excluding hydrogens is 244 g/mol. The quantitative estimate of drug-likeness (QED) is 0.903. The first-order chi connectivity index (χ1) is 9.03. The van der Waals surface area contributed by atoms with Crippen LogP contribution >= 0.6 is 0 Å². The molecule has 1 aliphatic heterocycles. The maximum absolute atomic E-state index is 12.6. The largest absolute Gasteiger partial charge is 0.479 e. The highest BCUT2D eigenvalue weighted by molar-refractivity contribution is 5.97. The van der Waals surface area contributed by atoms with E-state index in [0.29, 0.717) is 25.1 Å². The SMILES string of the molecule is CCCC1(C(=O)O)CCCN1C(=O)c1cccn1C. The van der Waals surface area contributed by atoms with Crippen LogP contribution in [0.1, 0.15) is 43.1 Å². The molecule has 0 saturated carbocycles. The van der Waals surface area contributed by atoms with Crippen LogP contribution in [0.3, 0.4) is 0 Å². The number of carboxylic acid groups (broad SMARTS) is 1. The van der Waals surface area contributed by atoms with Gasteiger partial charge in [-0.25, -0.2) is 4.79 Å². The molecule has 1 amide bonds. The summed E-state index contributed by atoms with van der Waals surface area (Å²) in [5, 5.41) is 9.58. The average Bonchev–Trinajstić information content (AvgIpc) is 2.96. The number of hydrogen-bond acceptors (Lipinski definition) is 2. The first-order valence-electron chi connectivity index (χ1n) is 6.69. The molecule has 5 heteroatoms. The Kier molecular flexibility index (Phi) is 3.64. The van der Waals surface area contributed by atoms with E-state index in [1.54, 1.807) is 34.8 Å². The van der Waals surface area contributed by atoms with Crippen molar-refractivity contribution in [1.82, 2.24) is 9.47 Å². The standard InChI is InChI=1S/C14H20N2O3/c1-3-7-14(13(18)19)8-5-10-16(14)12(17)11-6-4-9-15(11)2/h4,6,9H,3,5,7-8,10H2,1-2H3,(H,18,19). The molecule has 1 N–H and O–H groups in total. The highest BCUT2D eigenvalue weighted by atomic mass is 16.4. The summed E-state index contributed by atoms with van der Waals surface area (Å²) in [5.41, 5.74) is -0.473. The van der Waals surface area contributed by atoms with Crippen molar-refractivity contribution in [2.45, 2.75) is 38.1 Å². The number of rotatable bonds is 4. The van der Waals surface area contributed by atoms with Crippen LogP contribution in [-0.4, -0.2) is 38.5 Å². The van der Waals surface area contributed by atoms with Crippen LogP contribution in [0.5, 0.6) is 0 Å². The minimum atomic E-state index is -1.02. The van der Waals surface area contributed by atoms with Crippen LogP contribution in [0.4, 0.5) is 0 Å². The average molecular weight is 264 g/mol. The van der Waals surface area contributed by atoms with E-state index in [4.69, 9.17) is 0 Å². The number of carbonyl (C=O) groups excluding carboxylic acids is 1. The third-order valence-electron chi connectivity index (χ3n) is 3.96. The zero-order valence-electron chi connectivity index (χ0n) is 11.4. The molecular formula is C14H20N2O3. The Morgan fingerprint density at radius 3 is 2.74 bits per heavy atom. The number of nitrogens with zero attached hydrogens (tertiary/aromatic N) is 2. The maximum atomic E-state index is 12.6. The number of aromatic nitrogens is 1. The van der Waals surface area contributed by atoms with Gasteiger partial charge >= 0.3 is 5.97 Å². The van der Waals surface area contributed by atoms with Gasteiger partial charge in [-0.2, -0.15) is 0 Å². The van der Waals surface area contributed by atoms with E-state index in [-0.39, 0.29) is 5.91 Å². The fourth-order valence-corrected chi connectivity index (χ4v) is 3.00. The van der Waals surface area contributed by atoms with Gasteiger partial charge < -0.3 is 14.6 Å². The van der Waals surface area contributed by atoms with Crippen LogP contribution < -0.4 is 0 Å². The molecule has 1 aromatic heterocycles. The van der Waals surface area contributed by atoms with Gasteiger partial charge in [-0.15, -0.1) is 0 Å². The Hall–Kier alpha value is -1.78. The Labute approximate surface area is 112 Å². The molecule has 2 heterocycles. The van der Waals surface area contributed by atoms with Crippen LogP contribution in [0.2, 0.25) is 0 Å². The van der Waals surface area contributed by atoms with Crippen LogP contribution in [0.15, 0.2) is 18.3 Å². The van der Waals surface area contributed by atoms with Crippen LogP contribution in [-0.2, 0) is 11.8 Å². The summed E-state index contributed by atoms with van der Waals surface area (Å²) in [6, 6.07) is 3.53. The number of hydrogen-bond donors (Lipinski definition) is 1. The lowest BCUT2D eigenvalue weighted by atomic mass is 9.90. The van der Waals surface area contributed by atoms with Gasteiger partial charge in [0.25, 0.3) is 5.91 Å². The molecule has 0 spiro atoms. The summed E-state index contributed by atoms with van der Waals surface area (Å²) in [7, 11) is 1.80. The Morgan fingerprint density at radius 1 is 1.47 bits per heavy atom. The third-order valence-corrected chi connectivity index (χ3v) is 3.96. The minimum absolute atomic E-state index is 0.180. The van der Waals surface area contributed by atoms with E-state index < -0.39 is 11.5 Å². The van der Waals surface area contributed by atoms with Crippen LogP contribution in [0, 0.1) is 0 Å². The molecule has 19 heavy (non-hydrogen) atoms. The molecule has 0 aromatic carbocycles. The summed E-state index contributed by atoms with van der Waals surface area (Å²) in [6.45, 7) is 2.48. The second-order valence-corrected chi connectivity index (χ2v) is 5.15. The molecule has 1 aromatic rings. The fourth-order valence-electron chi connectivity index (χ4n) is 3.00. The molecule has 1 saturated heterocycles. The van der Waals surface area contributed by atoms with Crippen molar-refractivity contribution >= 4 is 11.9 Å². The van der Waals surface area contributed by atoms with Gasteiger partial charge in [-0.1, -0.05) is 13.3 Å². The number of carboxylic acids is 1.